The first-order valence-electron chi connectivity index (χ1n) is 6.37. The van der Waals surface area contributed by atoms with Crippen LogP contribution in [0.25, 0.3) is 0 Å². The van der Waals surface area contributed by atoms with Gasteiger partial charge in [-0.2, -0.15) is 0 Å². The second-order valence-electron chi connectivity index (χ2n) is 5.24. The zero-order valence-corrected chi connectivity index (χ0v) is 10.8. The van der Waals surface area contributed by atoms with Crippen LogP contribution in [-0.2, 0) is 4.74 Å². The highest BCUT2D eigenvalue weighted by molar-refractivity contribution is 6.21. The zero-order chi connectivity index (χ0) is 13.6. The molecule has 0 unspecified atom stereocenters. The first-order chi connectivity index (χ1) is 9.06. The number of nitrogens with zero attached hydrogens (tertiary/aromatic N) is 1. The predicted octanol–water partition coefficient (Wildman–Crippen LogP) is 1.43. The van der Waals surface area contributed by atoms with Gasteiger partial charge in [0.1, 0.15) is 0 Å². The van der Waals surface area contributed by atoms with Crippen LogP contribution >= 0.6 is 0 Å². The summed E-state index contributed by atoms with van der Waals surface area (Å²) in [6.45, 7) is 0.329. The molecule has 19 heavy (non-hydrogen) atoms. The number of rotatable bonds is 3. The lowest BCUT2D eigenvalue weighted by Gasteiger charge is -2.42. The Morgan fingerprint density at radius 1 is 1.26 bits per heavy atom. The van der Waals surface area contributed by atoms with E-state index in [9.17, 15) is 9.59 Å². The first-order valence-corrected chi connectivity index (χ1v) is 6.37. The Morgan fingerprint density at radius 2 is 1.95 bits per heavy atom. The molecule has 1 aliphatic heterocycles. The molecule has 1 aromatic carbocycles. The molecule has 1 saturated carbocycles. The number of nitrogens with two attached hydrogens (primary N) is 1. The normalized spacial score (nSPS) is 20.4. The minimum absolute atomic E-state index is 0.247. The number of imide groups is 1. The molecule has 0 atom stereocenters. The van der Waals surface area contributed by atoms with Crippen LogP contribution < -0.4 is 5.73 Å². The summed E-state index contributed by atoms with van der Waals surface area (Å²) >= 11 is 0. The van der Waals surface area contributed by atoms with Gasteiger partial charge in [0.05, 0.1) is 23.3 Å². The molecule has 1 fully saturated rings. The molecular weight excluding hydrogens is 244 g/mol. The van der Waals surface area contributed by atoms with Crippen molar-refractivity contribution in [1.82, 2.24) is 4.90 Å². The molecule has 0 spiro atoms. The third-order valence-electron chi connectivity index (χ3n) is 4.14. The minimum Gasteiger partial charge on any atom is -0.399 e. The number of fused-ring (bicyclic) bond motifs is 1. The van der Waals surface area contributed by atoms with Crippen LogP contribution in [0, 0.1) is 0 Å². The second kappa shape index (κ2) is 4.06. The summed E-state index contributed by atoms with van der Waals surface area (Å²) in [6, 6.07) is 4.82. The van der Waals surface area contributed by atoms with E-state index in [0.29, 0.717) is 23.4 Å². The van der Waals surface area contributed by atoms with Gasteiger partial charge in [0.2, 0.25) is 0 Å². The standard InChI is InChI=1S/C14H16N2O3/c1-19-14(5-2-6-14)8-16-12(17)10-4-3-9(15)7-11(10)13(16)18/h3-4,7H,2,5-6,8,15H2,1H3. The molecule has 2 aliphatic rings. The van der Waals surface area contributed by atoms with Crippen molar-refractivity contribution in [1.29, 1.82) is 0 Å². The van der Waals surface area contributed by atoms with E-state index in [4.69, 9.17) is 10.5 Å². The number of hydrogen-bond donors (Lipinski definition) is 1. The fraction of sp³-hybridized carbons (Fsp3) is 0.429. The summed E-state index contributed by atoms with van der Waals surface area (Å²) in [5, 5.41) is 0. The third kappa shape index (κ3) is 1.73. The molecule has 0 saturated heterocycles. The predicted molar refractivity (Wildman–Crippen MR) is 69.8 cm³/mol. The first kappa shape index (κ1) is 12.2. The van der Waals surface area contributed by atoms with Gasteiger partial charge >= 0.3 is 0 Å². The summed E-state index contributed by atoms with van der Waals surface area (Å²) < 4.78 is 5.48. The van der Waals surface area contributed by atoms with Gasteiger partial charge in [-0.15, -0.1) is 0 Å². The number of hydrogen-bond acceptors (Lipinski definition) is 4. The molecule has 1 heterocycles. The summed E-state index contributed by atoms with van der Waals surface area (Å²) in [7, 11) is 1.63. The average Bonchev–Trinajstić information content (AvgIpc) is 2.58. The van der Waals surface area contributed by atoms with E-state index in [0.717, 1.165) is 19.3 Å². The molecular formula is C14H16N2O3. The molecule has 5 nitrogen and oxygen atoms in total. The highest BCUT2D eigenvalue weighted by Crippen LogP contribution is 2.37. The maximum absolute atomic E-state index is 12.3. The zero-order valence-electron chi connectivity index (χ0n) is 10.8. The van der Waals surface area contributed by atoms with Gasteiger partial charge in [-0.3, -0.25) is 14.5 Å². The van der Waals surface area contributed by atoms with Crippen molar-refractivity contribution < 1.29 is 14.3 Å². The van der Waals surface area contributed by atoms with Gasteiger partial charge in [0, 0.05) is 12.8 Å². The van der Waals surface area contributed by atoms with E-state index in [1.54, 1.807) is 25.3 Å². The van der Waals surface area contributed by atoms with E-state index < -0.39 is 0 Å². The Labute approximate surface area is 111 Å². The third-order valence-corrected chi connectivity index (χ3v) is 4.14. The van der Waals surface area contributed by atoms with Crippen molar-refractivity contribution in [3.05, 3.63) is 29.3 Å². The quantitative estimate of drug-likeness (QED) is 0.659. The van der Waals surface area contributed by atoms with Gasteiger partial charge < -0.3 is 10.5 Å². The SMILES string of the molecule is COC1(CN2C(=O)c3ccc(N)cc3C2=O)CCC1. The minimum atomic E-state index is -0.348. The van der Waals surface area contributed by atoms with Crippen LogP contribution in [0.4, 0.5) is 5.69 Å². The van der Waals surface area contributed by atoms with Crippen LogP contribution in [0.5, 0.6) is 0 Å². The van der Waals surface area contributed by atoms with E-state index in [2.05, 4.69) is 0 Å². The average molecular weight is 260 g/mol. The molecule has 1 aliphatic carbocycles. The second-order valence-corrected chi connectivity index (χ2v) is 5.24. The molecule has 2 N–H and O–H groups in total. The molecule has 0 radical (unpaired) electrons. The Hall–Kier alpha value is -1.88. The summed E-state index contributed by atoms with van der Waals surface area (Å²) in [5.41, 5.74) is 6.65. The monoisotopic (exact) mass is 260 g/mol. The highest BCUT2D eigenvalue weighted by Gasteiger charge is 2.45. The lowest BCUT2D eigenvalue weighted by atomic mass is 9.79. The van der Waals surface area contributed by atoms with E-state index >= 15 is 0 Å². The summed E-state index contributed by atoms with van der Waals surface area (Å²) in [6.07, 6.45) is 2.85. The summed E-state index contributed by atoms with van der Waals surface area (Å²) in [5.74, 6) is -0.515. The Morgan fingerprint density at radius 3 is 2.53 bits per heavy atom. The fourth-order valence-electron chi connectivity index (χ4n) is 2.74. The van der Waals surface area contributed by atoms with Crippen molar-refractivity contribution >= 4 is 17.5 Å². The molecule has 100 valence electrons. The fourth-order valence-corrected chi connectivity index (χ4v) is 2.74. The van der Waals surface area contributed by atoms with Crippen LogP contribution in [0.1, 0.15) is 40.0 Å². The van der Waals surface area contributed by atoms with Crippen molar-refractivity contribution in [3.8, 4) is 0 Å². The maximum atomic E-state index is 12.3. The largest absolute Gasteiger partial charge is 0.399 e. The maximum Gasteiger partial charge on any atom is 0.261 e. The number of carbonyl (C=O) groups excluding carboxylic acids is 2. The van der Waals surface area contributed by atoms with Crippen LogP contribution in [0.15, 0.2) is 18.2 Å². The molecule has 0 aromatic heterocycles. The van der Waals surface area contributed by atoms with Gasteiger partial charge in [0.25, 0.3) is 11.8 Å². The molecule has 5 heteroatoms. The molecule has 3 rings (SSSR count). The van der Waals surface area contributed by atoms with Crippen LogP contribution in [0.3, 0.4) is 0 Å². The molecule has 0 bridgehead atoms. The van der Waals surface area contributed by atoms with E-state index in [1.807, 2.05) is 0 Å². The molecule has 2 amide bonds. The smallest absolute Gasteiger partial charge is 0.261 e. The van der Waals surface area contributed by atoms with Crippen molar-refractivity contribution in [3.63, 3.8) is 0 Å². The topological polar surface area (TPSA) is 72.6 Å². The Bertz CT molecular complexity index is 558. The number of anilines is 1. The van der Waals surface area contributed by atoms with Crippen LogP contribution in [0.2, 0.25) is 0 Å². The van der Waals surface area contributed by atoms with Gasteiger partial charge in [-0.05, 0) is 37.5 Å². The highest BCUT2D eigenvalue weighted by atomic mass is 16.5. The van der Waals surface area contributed by atoms with E-state index in [-0.39, 0.29) is 17.4 Å². The van der Waals surface area contributed by atoms with Crippen molar-refractivity contribution in [2.24, 2.45) is 0 Å². The summed E-state index contributed by atoms with van der Waals surface area (Å²) in [4.78, 5) is 25.8. The number of ether oxygens (including phenoxy) is 1. The lowest BCUT2D eigenvalue weighted by molar-refractivity contribution is -0.0819. The number of benzene rings is 1. The van der Waals surface area contributed by atoms with Gasteiger partial charge in [0.15, 0.2) is 0 Å². The number of nitrogen functional groups attached to an aromatic ring is 1. The number of methoxy groups -OCH3 is 1. The van der Waals surface area contributed by atoms with Crippen LogP contribution in [-0.4, -0.2) is 36.0 Å². The Kier molecular flexibility index (Phi) is 2.60. The number of carbonyl (C=O) groups is 2. The Balaban J connectivity index is 1.90. The molecule has 1 aromatic rings. The number of amides is 2. The van der Waals surface area contributed by atoms with Gasteiger partial charge in [-0.1, -0.05) is 0 Å². The van der Waals surface area contributed by atoms with Crippen molar-refractivity contribution in [2.75, 3.05) is 19.4 Å². The van der Waals surface area contributed by atoms with E-state index in [1.165, 1.54) is 4.90 Å². The van der Waals surface area contributed by atoms with Crippen molar-refractivity contribution in [2.45, 2.75) is 24.9 Å². The lowest BCUT2D eigenvalue weighted by Crippen LogP contribution is -2.51. The van der Waals surface area contributed by atoms with Gasteiger partial charge in [-0.25, -0.2) is 0 Å².